The normalized spacial score (nSPS) is 21.2. The summed E-state index contributed by atoms with van der Waals surface area (Å²) in [5.41, 5.74) is -0.687. The highest BCUT2D eigenvalue weighted by atomic mass is 16.2. The highest BCUT2D eigenvalue weighted by Crippen LogP contribution is 2.52. The number of rotatable bonds is 3. The molecule has 1 atom stereocenters. The lowest BCUT2D eigenvalue weighted by Crippen LogP contribution is -2.38. The third-order valence-electron chi connectivity index (χ3n) is 3.56. The lowest BCUT2D eigenvalue weighted by Gasteiger charge is -2.06. The standard InChI is InChI=1S/C12H16N2O3/c1-7(15)9-5-13-11(17)14(10(9)16)6-8-4-12(8,2)3/h5,8H,4,6H2,1-3H3,(H,13,17). The number of nitrogens with one attached hydrogen (secondary N) is 1. The Morgan fingerprint density at radius 2 is 2.12 bits per heavy atom. The summed E-state index contributed by atoms with van der Waals surface area (Å²) in [6.45, 7) is 5.92. The van der Waals surface area contributed by atoms with Gasteiger partial charge in [0.2, 0.25) is 0 Å². The lowest BCUT2D eigenvalue weighted by atomic mass is 10.1. The second-order valence-corrected chi connectivity index (χ2v) is 5.37. The molecule has 1 saturated carbocycles. The van der Waals surface area contributed by atoms with Gasteiger partial charge in [-0.2, -0.15) is 0 Å². The molecule has 1 unspecified atom stereocenters. The Hall–Kier alpha value is -1.65. The monoisotopic (exact) mass is 236 g/mol. The molecular formula is C12H16N2O3. The third-order valence-corrected chi connectivity index (χ3v) is 3.56. The first-order valence-electron chi connectivity index (χ1n) is 5.66. The number of hydrogen-bond acceptors (Lipinski definition) is 3. The van der Waals surface area contributed by atoms with Gasteiger partial charge in [0.1, 0.15) is 0 Å². The van der Waals surface area contributed by atoms with E-state index in [4.69, 9.17) is 0 Å². The predicted octanol–water partition coefficient (Wildman–Crippen LogP) is 0.785. The average molecular weight is 236 g/mol. The molecule has 1 aliphatic rings. The van der Waals surface area contributed by atoms with Crippen molar-refractivity contribution in [2.24, 2.45) is 11.3 Å². The van der Waals surface area contributed by atoms with E-state index in [1.54, 1.807) is 0 Å². The number of carbonyl (C=O) groups excluding carboxylic acids is 1. The van der Waals surface area contributed by atoms with Gasteiger partial charge in [-0.05, 0) is 24.7 Å². The first-order valence-corrected chi connectivity index (χ1v) is 5.66. The van der Waals surface area contributed by atoms with Gasteiger partial charge < -0.3 is 4.98 Å². The highest BCUT2D eigenvalue weighted by molar-refractivity contribution is 5.93. The Bertz CT molecular complexity index is 580. The van der Waals surface area contributed by atoms with Gasteiger partial charge in [0, 0.05) is 12.7 Å². The molecule has 0 amide bonds. The van der Waals surface area contributed by atoms with Crippen molar-refractivity contribution >= 4 is 5.78 Å². The molecule has 2 rings (SSSR count). The quantitative estimate of drug-likeness (QED) is 0.788. The van der Waals surface area contributed by atoms with E-state index in [0.29, 0.717) is 12.5 Å². The number of H-pyrrole nitrogens is 1. The summed E-state index contributed by atoms with van der Waals surface area (Å²) in [7, 11) is 0. The van der Waals surface area contributed by atoms with E-state index in [9.17, 15) is 14.4 Å². The number of Topliss-reactive ketones (excluding diaryl/α,β-unsaturated/α-hetero) is 1. The Morgan fingerprint density at radius 1 is 1.53 bits per heavy atom. The van der Waals surface area contributed by atoms with Crippen LogP contribution in [0, 0.1) is 11.3 Å². The van der Waals surface area contributed by atoms with Crippen molar-refractivity contribution in [2.45, 2.75) is 33.7 Å². The lowest BCUT2D eigenvalue weighted by molar-refractivity contribution is 0.101. The van der Waals surface area contributed by atoms with Crippen LogP contribution in [-0.4, -0.2) is 15.3 Å². The molecule has 5 heteroatoms. The molecule has 1 aromatic heterocycles. The minimum atomic E-state index is -0.482. The summed E-state index contributed by atoms with van der Waals surface area (Å²) >= 11 is 0. The van der Waals surface area contributed by atoms with Crippen molar-refractivity contribution in [1.82, 2.24) is 9.55 Å². The second-order valence-electron chi connectivity index (χ2n) is 5.37. The molecule has 0 aliphatic heterocycles. The average Bonchev–Trinajstić information content (AvgIpc) is 2.80. The molecule has 1 fully saturated rings. The largest absolute Gasteiger partial charge is 0.328 e. The topological polar surface area (TPSA) is 71.9 Å². The fourth-order valence-corrected chi connectivity index (χ4v) is 2.04. The van der Waals surface area contributed by atoms with E-state index in [1.807, 2.05) is 0 Å². The third kappa shape index (κ3) is 2.09. The zero-order chi connectivity index (χ0) is 12.8. The van der Waals surface area contributed by atoms with Crippen molar-refractivity contribution in [1.29, 1.82) is 0 Å². The van der Waals surface area contributed by atoms with E-state index >= 15 is 0 Å². The van der Waals surface area contributed by atoms with Crippen LogP contribution in [0.4, 0.5) is 0 Å². The van der Waals surface area contributed by atoms with Crippen LogP contribution >= 0.6 is 0 Å². The summed E-state index contributed by atoms with van der Waals surface area (Å²) in [6.07, 6.45) is 2.20. The SMILES string of the molecule is CC(=O)c1c[nH]c(=O)n(CC2CC2(C)C)c1=O. The molecular weight excluding hydrogens is 220 g/mol. The van der Waals surface area contributed by atoms with Crippen molar-refractivity contribution in [3.8, 4) is 0 Å². The van der Waals surface area contributed by atoms with Gasteiger partial charge in [-0.3, -0.25) is 14.2 Å². The van der Waals surface area contributed by atoms with Gasteiger partial charge in [0.05, 0.1) is 5.56 Å². The number of hydrogen-bond donors (Lipinski definition) is 1. The Labute approximate surface area is 98.5 Å². The van der Waals surface area contributed by atoms with Gasteiger partial charge in [0.25, 0.3) is 5.56 Å². The number of nitrogens with zero attached hydrogens (tertiary/aromatic N) is 1. The molecule has 17 heavy (non-hydrogen) atoms. The summed E-state index contributed by atoms with van der Waals surface area (Å²) in [4.78, 5) is 37.2. The van der Waals surface area contributed by atoms with Crippen LogP contribution in [0.3, 0.4) is 0 Å². The van der Waals surface area contributed by atoms with Crippen molar-refractivity contribution in [3.63, 3.8) is 0 Å². The zero-order valence-electron chi connectivity index (χ0n) is 10.2. The maximum absolute atomic E-state index is 11.9. The van der Waals surface area contributed by atoms with E-state index in [-0.39, 0.29) is 16.8 Å². The van der Waals surface area contributed by atoms with Crippen molar-refractivity contribution in [3.05, 3.63) is 32.6 Å². The van der Waals surface area contributed by atoms with Crippen molar-refractivity contribution < 1.29 is 4.79 Å². The summed E-state index contributed by atoms with van der Waals surface area (Å²) < 4.78 is 1.14. The zero-order valence-corrected chi connectivity index (χ0v) is 10.2. The second kappa shape index (κ2) is 3.68. The maximum Gasteiger partial charge on any atom is 0.328 e. The number of ketones is 1. The van der Waals surface area contributed by atoms with Gasteiger partial charge in [-0.15, -0.1) is 0 Å². The molecule has 1 aromatic rings. The van der Waals surface area contributed by atoms with Crippen LogP contribution in [0.1, 0.15) is 37.6 Å². The number of aromatic nitrogens is 2. The molecule has 0 radical (unpaired) electrons. The molecule has 0 bridgehead atoms. The van der Waals surface area contributed by atoms with Gasteiger partial charge in [-0.1, -0.05) is 13.8 Å². The van der Waals surface area contributed by atoms with Crippen LogP contribution in [0.15, 0.2) is 15.8 Å². The fraction of sp³-hybridized carbons (Fsp3) is 0.583. The highest BCUT2D eigenvalue weighted by Gasteiger charge is 2.45. The Balaban J connectivity index is 2.40. The smallest absolute Gasteiger partial charge is 0.313 e. The Kier molecular flexibility index (Phi) is 2.56. The minimum Gasteiger partial charge on any atom is -0.313 e. The van der Waals surface area contributed by atoms with Crippen LogP contribution in [-0.2, 0) is 6.54 Å². The van der Waals surface area contributed by atoms with Gasteiger partial charge >= 0.3 is 5.69 Å². The molecule has 5 nitrogen and oxygen atoms in total. The summed E-state index contributed by atoms with van der Waals surface area (Å²) in [6, 6.07) is 0. The first kappa shape index (κ1) is 11.8. The molecule has 1 N–H and O–H groups in total. The maximum atomic E-state index is 11.9. The molecule has 92 valence electrons. The Morgan fingerprint density at radius 3 is 2.59 bits per heavy atom. The fourth-order valence-electron chi connectivity index (χ4n) is 2.04. The van der Waals surface area contributed by atoms with Crippen LogP contribution in [0.25, 0.3) is 0 Å². The minimum absolute atomic E-state index is 0.0445. The van der Waals surface area contributed by atoms with E-state index in [1.165, 1.54) is 13.1 Å². The van der Waals surface area contributed by atoms with Gasteiger partial charge in [0.15, 0.2) is 5.78 Å². The van der Waals surface area contributed by atoms with E-state index < -0.39 is 11.2 Å². The predicted molar refractivity (Wildman–Crippen MR) is 63.2 cm³/mol. The van der Waals surface area contributed by atoms with Crippen LogP contribution in [0.2, 0.25) is 0 Å². The van der Waals surface area contributed by atoms with E-state index in [0.717, 1.165) is 11.0 Å². The molecule has 0 aromatic carbocycles. The summed E-state index contributed by atoms with van der Waals surface area (Å²) in [5, 5.41) is 0. The van der Waals surface area contributed by atoms with Crippen LogP contribution < -0.4 is 11.2 Å². The van der Waals surface area contributed by atoms with Crippen LogP contribution in [0.5, 0.6) is 0 Å². The number of aromatic amines is 1. The van der Waals surface area contributed by atoms with E-state index in [2.05, 4.69) is 18.8 Å². The first-order chi connectivity index (χ1) is 7.83. The van der Waals surface area contributed by atoms with Gasteiger partial charge in [-0.25, -0.2) is 4.79 Å². The molecule has 0 spiro atoms. The van der Waals surface area contributed by atoms with Crippen molar-refractivity contribution in [2.75, 3.05) is 0 Å². The molecule has 0 saturated heterocycles. The molecule has 1 heterocycles. The number of carbonyl (C=O) groups is 1. The molecule has 1 aliphatic carbocycles. The summed E-state index contributed by atoms with van der Waals surface area (Å²) in [5.74, 6) is 0.0126.